The number of hydrogen-bond donors (Lipinski definition) is 1. The molecule has 2 aromatic heterocycles. The Morgan fingerprint density at radius 2 is 2.00 bits per heavy atom. The van der Waals surface area contributed by atoms with E-state index in [1.807, 2.05) is 0 Å². The van der Waals surface area contributed by atoms with E-state index in [4.69, 9.17) is 0 Å². The Labute approximate surface area is 137 Å². The van der Waals surface area contributed by atoms with Crippen LogP contribution >= 0.6 is 0 Å². The zero-order chi connectivity index (χ0) is 16.6. The number of aromatic nitrogens is 4. The Morgan fingerprint density at radius 3 is 2.71 bits per heavy atom. The molecule has 120 valence electrons. The molecule has 1 aliphatic carbocycles. The molecule has 1 saturated carbocycles. The first kappa shape index (κ1) is 14.5. The van der Waals surface area contributed by atoms with Crippen LogP contribution in [0.5, 0.6) is 0 Å². The van der Waals surface area contributed by atoms with Crippen LogP contribution in [0.15, 0.2) is 55.0 Å². The highest BCUT2D eigenvalue weighted by atomic mass is 19.1. The van der Waals surface area contributed by atoms with Gasteiger partial charge in [-0.2, -0.15) is 15.3 Å². The summed E-state index contributed by atoms with van der Waals surface area (Å²) in [7, 11) is 0. The molecule has 0 bridgehead atoms. The van der Waals surface area contributed by atoms with Crippen LogP contribution < -0.4 is 5.32 Å². The lowest BCUT2D eigenvalue weighted by molar-refractivity contribution is -0.118. The van der Waals surface area contributed by atoms with Gasteiger partial charge in [-0.05, 0) is 25.0 Å². The average Bonchev–Trinajstić information content (AvgIpc) is 3.29. The fourth-order valence-electron chi connectivity index (χ4n) is 2.78. The molecule has 1 aromatic carbocycles. The molecule has 0 atom stereocenters. The molecule has 6 nitrogen and oxygen atoms in total. The maximum absolute atomic E-state index is 14.0. The van der Waals surface area contributed by atoms with Crippen LogP contribution in [0, 0.1) is 5.82 Å². The largest absolute Gasteiger partial charge is 0.308 e. The Kier molecular flexibility index (Phi) is 3.34. The summed E-state index contributed by atoms with van der Waals surface area (Å²) in [5.74, 6) is -0.163. The van der Waals surface area contributed by atoms with Crippen molar-refractivity contribution in [3.8, 4) is 5.69 Å². The van der Waals surface area contributed by atoms with Crippen molar-refractivity contribution in [1.29, 1.82) is 0 Å². The van der Waals surface area contributed by atoms with E-state index in [0.29, 0.717) is 24.2 Å². The van der Waals surface area contributed by atoms with Gasteiger partial charge >= 0.3 is 0 Å². The smallest absolute Gasteiger partial charge is 0.236 e. The molecule has 0 unspecified atom stereocenters. The lowest BCUT2D eigenvalue weighted by atomic mass is 9.94. The van der Waals surface area contributed by atoms with Crippen molar-refractivity contribution in [3.63, 3.8) is 0 Å². The molecule has 2 heterocycles. The molecule has 1 N–H and O–H groups in total. The van der Waals surface area contributed by atoms with Gasteiger partial charge in [0, 0.05) is 17.8 Å². The van der Waals surface area contributed by atoms with Crippen molar-refractivity contribution >= 4 is 11.7 Å². The minimum absolute atomic E-state index is 0.231. The minimum atomic E-state index is -0.784. The highest BCUT2D eigenvalue weighted by molar-refractivity contribution is 6.00. The average molecular weight is 323 g/mol. The van der Waals surface area contributed by atoms with Crippen molar-refractivity contribution in [1.82, 2.24) is 20.0 Å². The molecule has 3 aromatic rings. The van der Waals surface area contributed by atoms with Gasteiger partial charge < -0.3 is 5.32 Å². The summed E-state index contributed by atoms with van der Waals surface area (Å²) in [6.07, 6.45) is 6.12. The molecule has 0 aliphatic heterocycles. The van der Waals surface area contributed by atoms with E-state index >= 15 is 0 Å². The van der Waals surface area contributed by atoms with Crippen molar-refractivity contribution in [2.75, 3.05) is 5.32 Å². The van der Waals surface area contributed by atoms with Crippen molar-refractivity contribution < 1.29 is 9.18 Å². The quantitative estimate of drug-likeness (QED) is 0.800. The van der Waals surface area contributed by atoms with Gasteiger partial charge in [-0.1, -0.05) is 18.2 Å². The van der Waals surface area contributed by atoms with Gasteiger partial charge in [0.2, 0.25) is 5.91 Å². The third-order valence-corrected chi connectivity index (χ3v) is 4.24. The predicted molar refractivity (Wildman–Crippen MR) is 85.1 cm³/mol. The lowest BCUT2D eigenvalue weighted by Gasteiger charge is -2.15. The van der Waals surface area contributed by atoms with Crippen molar-refractivity contribution in [2.24, 2.45) is 0 Å². The predicted octanol–water partition coefficient (Wildman–Crippen LogP) is 2.47. The van der Waals surface area contributed by atoms with Crippen LogP contribution in [0.4, 0.5) is 10.2 Å². The van der Waals surface area contributed by atoms with Crippen LogP contribution in [0.25, 0.3) is 5.69 Å². The minimum Gasteiger partial charge on any atom is -0.308 e. The highest BCUT2D eigenvalue weighted by Gasteiger charge is 2.52. The molecular weight excluding hydrogens is 309 g/mol. The van der Waals surface area contributed by atoms with E-state index < -0.39 is 5.41 Å². The zero-order valence-electron chi connectivity index (χ0n) is 12.7. The van der Waals surface area contributed by atoms with Gasteiger partial charge in [-0.15, -0.1) is 0 Å². The second-order valence-electron chi connectivity index (χ2n) is 5.76. The Morgan fingerprint density at radius 1 is 1.17 bits per heavy atom. The number of rotatable bonds is 4. The topological polar surface area (TPSA) is 72.7 Å². The molecule has 1 amide bonds. The highest BCUT2D eigenvalue weighted by Crippen LogP contribution is 2.49. The molecule has 0 saturated heterocycles. The van der Waals surface area contributed by atoms with Crippen LogP contribution in [-0.4, -0.2) is 25.9 Å². The second kappa shape index (κ2) is 5.52. The monoisotopic (exact) mass is 323 g/mol. The second-order valence-corrected chi connectivity index (χ2v) is 5.76. The number of nitrogens with zero attached hydrogens (tertiary/aromatic N) is 4. The van der Waals surface area contributed by atoms with E-state index in [9.17, 15) is 9.18 Å². The molecule has 4 rings (SSSR count). The maximum Gasteiger partial charge on any atom is 0.236 e. The standard InChI is InChI=1S/C17H14FN5O/c18-14-4-2-1-3-13(14)17(7-8-17)16(24)21-15-6-10-23(22-15)12-5-9-19-20-11-12/h1-6,9-11H,7-8H2,(H,21,22,24). The Balaban J connectivity index is 1.55. The molecule has 7 heteroatoms. The number of nitrogens with one attached hydrogen (secondary N) is 1. The Hall–Kier alpha value is -3.09. The Bertz CT molecular complexity index is 889. The number of halogens is 1. The van der Waals surface area contributed by atoms with Crippen LogP contribution in [0.2, 0.25) is 0 Å². The van der Waals surface area contributed by atoms with Crippen LogP contribution in [0.1, 0.15) is 18.4 Å². The first-order chi connectivity index (χ1) is 11.7. The van der Waals surface area contributed by atoms with E-state index in [-0.39, 0.29) is 11.7 Å². The van der Waals surface area contributed by atoms with E-state index in [0.717, 1.165) is 5.69 Å². The van der Waals surface area contributed by atoms with Gasteiger partial charge in [0.15, 0.2) is 5.82 Å². The SMILES string of the molecule is O=C(Nc1ccn(-c2ccnnc2)n1)C1(c2ccccc2F)CC1. The summed E-state index contributed by atoms with van der Waals surface area (Å²) in [6, 6.07) is 9.87. The number of hydrogen-bond acceptors (Lipinski definition) is 4. The number of anilines is 1. The summed E-state index contributed by atoms with van der Waals surface area (Å²) < 4.78 is 15.6. The van der Waals surface area contributed by atoms with E-state index in [1.165, 1.54) is 6.07 Å². The van der Waals surface area contributed by atoms with Gasteiger partial charge in [0.05, 0.1) is 23.5 Å². The first-order valence-electron chi connectivity index (χ1n) is 7.58. The fourth-order valence-corrected chi connectivity index (χ4v) is 2.78. The molecule has 1 fully saturated rings. The summed E-state index contributed by atoms with van der Waals surface area (Å²) in [5.41, 5.74) is 0.397. The number of carbonyl (C=O) groups excluding carboxylic acids is 1. The summed E-state index contributed by atoms with van der Waals surface area (Å²) in [6.45, 7) is 0. The van der Waals surface area contributed by atoms with Gasteiger partial charge in [-0.25, -0.2) is 9.07 Å². The number of benzene rings is 1. The summed E-state index contributed by atoms with van der Waals surface area (Å²) in [5, 5.41) is 14.6. The van der Waals surface area contributed by atoms with E-state index in [2.05, 4.69) is 20.6 Å². The molecule has 0 radical (unpaired) electrons. The molecule has 1 aliphatic rings. The van der Waals surface area contributed by atoms with Crippen LogP contribution in [0.3, 0.4) is 0 Å². The lowest BCUT2D eigenvalue weighted by Crippen LogP contribution is -2.29. The third-order valence-electron chi connectivity index (χ3n) is 4.24. The van der Waals surface area contributed by atoms with Gasteiger partial charge in [0.1, 0.15) is 5.82 Å². The third kappa shape index (κ3) is 2.44. The van der Waals surface area contributed by atoms with Gasteiger partial charge in [0.25, 0.3) is 0 Å². The fraction of sp³-hybridized carbons (Fsp3) is 0.176. The van der Waals surface area contributed by atoms with E-state index in [1.54, 1.807) is 53.6 Å². The van der Waals surface area contributed by atoms with Gasteiger partial charge in [-0.3, -0.25) is 4.79 Å². The summed E-state index contributed by atoms with van der Waals surface area (Å²) in [4.78, 5) is 12.6. The molecular formula is C17H14FN5O. The number of carbonyl (C=O) groups is 1. The maximum atomic E-state index is 14.0. The number of amides is 1. The zero-order valence-corrected chi connectivity index (χ0v) is 12.7. The summed E-state index contributed by atoms with van der Waals surface area (Å²) >= 11 is 0. The molecule has 24 heavy (non-hydrogen) atoms. The first-order valence-corrected chi connectivity index (χ1v) is 7.58. The van der Waals surface area contributed by atoms with Crippen molar-refractivity contribution in [3.05, 3.63) is 66.4 Å². The normalized spacial score (nSPS) is 15.0. The molecule has 0 spiro atoms. The van der Waals surface area contributed by atoms with Crippen LogP contribution in [-0.2, 0) is 10.2 Å². The van der Waals surface area contributed by atoms with Crippen molar-refractivity contribution in [2.45, 2.75) is 18.3 Å².